The highest BCUT2D eigenvalue weighted by Gasteiger charge is 2.48. The van der Waals surface area contributed by atoms with Gasteiger partial charge < -0.3 is 58.8 Å². The molecule has 4 fully saturated rings. The van der Waals surface area contributed by atoms with Crippen LogP contribution in [0.2, 0.25) is 0 Å². The van der Waals surface area contributed by atoms with E-state index >= 15 is 0 Å². The number of benzene rings is 4. The molecule has 0 aliphatic carbocycles. The molecule has 5 aliphatic heterocycles. The molecule has 4 aromatic carbocycles. The molecule has 0 spiro atoms. The Kier molecular flexibility index (Phi) is 26.0. The van der Waals surface area contributed by atoms with Crippen LogP contribution in [0.15, 0.2) is 91.0 Å². The van der Waals surface area contributed by atoms with Crippen LogP contribution in [0.3, 0.4) is 0 Å². The van der Waals surface area contributed by atoms with Gasteiger partial charge in [-0.05, 0) is 132 Å². The maximum atomic E-state index is 13.1. The van der Waals surface area contributed by atoms with E-state index < -0.39 is 51.8 Å². The molecule has 490 valence electrons. The molecule has 0 unspecified atom stereocenters. The first-order valence-corrected chi connectivity index (χ1v) is 32.1. The number of methoxy groups -OCH3 is 3. The van der Waals surface area contributed by atoms with E-state index in [2.05, 4.69) is 19.4 Å². The van der Waals surface area contributed by atoms with Gasteiger partial charge in [0.05, 0.1) is 64.4 Å². The van der Waals surface area contributed by atoms with Crippen molar-refractivity contribution >= 4 is 39.8 Å². The van der Waals surface area contributed by atoms with E-state index in [1.165, 1.54) is 5.06 Å². The number of sulfonamides is 1. The van der Waals surface area contributed by atoms with Gasteiger partial charge in [-0.1, -0.05) is 56.3 Å². The lowest BCUT2D eigenvalue weighted by atomic mass is 9.84. The Hall–Kier alpha value is -7.06. The molecular weight excluding hydrogens is 1170 g/mol. The zero-order chi connectivity index (χ0) is 65.4. The molecule has 0 radical (unpaired) electrons. The molecule has 89 heavy (non-hydrogen) atoms. The van der Waals surface area contributed by atoms with Crippen LogP contribution >= 0.6 is 0 Å². The number of nitrogens with zero attached hydrogens (tertiary/aromatic N) is 5. The smallest absolute Gasteiger partial charge is 0.308 e. The van der Waals surface area contributed by atoms with Crippen molar-refractivity contribution in [2.45, 2.75) is 102 Å². The Morgan fingerprint density at radius 1 is 0.562 bits per heavy atom. The summed E-state index contributed by atoms with van der Waals surface area (Å²) >= 11 is 0. The van der Waals surface area contributed by atoms with Crippen LogP contribution in [0, 0.1) is 23.7 Å². The van der Waals surface area contributed by atoms with Gasteiger partial charge in [-0.15, -0.1) is 0 Å². The first kappa shape index (κ1) is 71.0. The number of hydrogen-bond donors (Lipinski definition) is 5. The van der Waals surface area contributed by atoms with E-state index in [1.807, 2.05) is 140 Å². The molecule has 4 aromatic rings. The van der Waals surface area contributed by atoms with Crippen molar-refractivity contribution in [1.29, 1.82) is 0 Å². The molecule has 12 atom stereocenters. The minimum absolute atomic E-state index is 0.0297. The molecular formula is C65H92N6O17S. The molecule has 0 aromatic heterocycles. The number of hydroxylamine groups is 2. The predicted octanol–water partition coefficient (Wildman–Crippen LogP) is 6.84. The van der Waals surface area contributed by atoms with Gasteiger partial charge in [0, 0.05) is 87.1 Å². The van der Waals surface area contributed by atoms with E-state index in [4.69, 9.17) is 28.5 Å². The second-order valence-corrected chi connectivity index (χ2v) is 25.5. The van der Waals surface area contributed by atoms with Crippen LogP contribution < -0.4 is 28.4 Å². The average Bonchev–Trinajstić information content (AvgIpc) is 1.99. The second kappa shape index (κ2) is 32.6. The topological polar surface area (TPSA) is 284 Å². The summed E-state index contributed by atoms with van der Waals surface area (Å²) in [4.78, 5) is 73.6. The Labute approximate surface area is 523 Å². The Balaban J connectivity index is 0.000000200. The molecule has 5 N–H and O–H groups in total. The van der Waals surface area contributed by atoms with Crippen molar-refractivity contribution in [3.8, 4) is 28.7 Å². The van der Waals surface area contributed by atoms with Gasteiger partial charge >= 0.3 is 23.9 Å². The van der Waals surface area contributed by atoms with Gasteiger partial charge in [-0.2, -0.15) is 0 Å². The molecule has 24 heteroatoms. The van der Waals surface area contributed by atoms with Crippen LogP contribution in [0.25, 0.3) is 0 Å². The van der Waals surface area contributed by atoms with E-state index in [0.29, 0.717) is 37.6 Å². The minimum atomic E-state index is -3.44. The second-order valence-electron chi connectivity index (χ2n) is 23.6. The first-order chi connectivity index (χ1) is 42.3. The summed E-state index contributed by atoms with van der Waals surface area (Å²) in [5.74, 6) is -2.01. The zero-order valence-corrected chi connectivity index (χ0v) is 54.1. The fourth-order valence-corrected chi connectivity index (χ4v) is 13.4. The first-order valence-electron chi connectivity index (χ1n) is 30.2. The number of nitrogens with one attached hydrogen (secondary N) is 1. The third kappa shape index (κ3) is 18.3. The van der Waals surface area contributed by atoms with Crippen LogP contribution in [0.5, 0.6) is 28.7 Å². The maximum absolute atomic E-state index is 13.1. The summed E-state index contributed by atoms with van der Waals surface area (Å²) in [5, 5.41) is 39.7. The lowest BCUT2D eigenvalue weighted by molar-refractivity contribution is -0.188. The van der Waals surface area contributed by atoms with Crippen molar-refractivity contribution in [1.82, 2.24) is 29.4 Å². The SMILES string of the molecule is CCCON(CCC)C(=O)CN1C[C@H](c2ccc3c(c2)OCO3)[C@@H](C(=O)O)[C@@H]1CCNS(C)(=O)=O.COc1ccc([C@H]2CN(C)[C@@H](C)[C@@H]2C(=O)O)cc1.COc1ccc([C@H]2CN(C)[C@@H](C)[C@@H]2C(=O)O)cc1.COc1ccc([C@H]2CN(C)[C@@H](C)[C@@H]2C(=O)O)cc1. The number of aliphatic carboxylic acids is 4. The molecule has 4 saturated heterocycles. The average molecular weight is 1260 g/mol. The fraction of sp³-hybridized carbons (Fsp3) is 0.554. The van der Waals surface area contributed by atoms with Gasteiger partial charge in [0.25, 0.3) is 5.91 Å². The van der Waals surface area contributed by atoms with Crippen molar-refractivity contribution in [3.63, 3.8) is 0 Å². The number of fused-ring (bicyclic) bond motifs is 1. The molecule has 5 aliphatic rings. The summed E-state index contributed by atoms with van der Waals surface area (Å²) < 4.78 is 51.8. The summed E-state index contributed by atoms with van der Waals surface area (Å²) in [5.41, 5.74) is 3.98. The number of likely N-dealkylation sites (tertiary alicyclic amines) is 4. The van der Waals surface area contributed by atoms with Crippen molar-refractivity contribution in [3.05, 3.63) is 113 Å². The van der Waals surface area contributed by atoms with Crippen LogP contribution in [-0.4, -0.2) is 215 Å². The lowest BCUT2D eigenvalue weighted by Crippen LogP contribution is -2.45. The normalized spacial score (nSPS) is 25.8. The molecule has 1 amide bonds. The summed E-state index contributed by atoms with van der Waals surface area (Å²) in [6.45, 7) is 13.5. The standard InChI is InChI=1S/C23H35N3O8S.3C14H19NO3/c1-4-10-26(34-11-5-2)21(27)14-25-13-17(16-6-7-19-20(12-16)33-15-32-19)22(23(28)29)18(25)8-9-24-35(3,30)31;3*1-9-13(14(16)17)12(8-15(9)2)10-4-6-11(18-3)7-5-10/h6-7,12,17-18,22,24H,4-5,8-11,13-15H2,1-3H3,(H,28,29);3*4-7,9,12-13H,8H2,1-3H3,(H,16,17)/t17-,18+,22-;3*9-,12+,13-/m1000/s1. The molecule has 0 bridgehead atoms. The highest BCUT2D eigenvalue weighted by atomic mass is 32.2. The van der Waals surface area contributed by atoms with Crippen LogP contribution in [0.4, 0.5) is 0 Å². The molecule has 0 saturated carbocycles. The summed E-state index contributed by atoms with van der Waals surface area (Å²) in [7, 11) is 7.37. The van der Waals surface area contributed by atoms with Crippen molar-refractivity contribution < 1.29 is 81.3 Å². The molecule has 5 heterocycles. The number of hydrogen-bond acceptors (Lipinski definition) is 17. The van der Waals surface area contributed by atoms with Gasteiger partial charge in [-0.25, -0.2) is 18.2 Å². The lowest BCUT2D eigenvalue weighted by Gasteiger charge is -2.29. The van der Waals surface area contributed by atoms with E-state index in [-0.39, 0.29) is 85.8 Å². The van der Waals surface area contributed by atoms with Crippen LogP contribution in [0.1, 0.15) is 99.8 Å². The minimum Gasteiger partial charge on any atom is -0.497 e. The number of amides is 1. The van der Waals surface area contributed by atoms with Gasteiger partial charge in [0.15, 0.2) is 11.5 Å². The zero-order valence-electron chi connectivity index (χ0n) is 53.3. The van der Waals surface area contributed by atoms with Gasteiger partial charge in [-0.3, -0.25) is 33.7 Å². The Morgan fingerprint density at radius 2 is 0.944 bits per heavy atom. The number of carbonyl (C=O) groups excluding carboxylic acids is 1. The Morgan fingerprint density at radius 3 is 1.30 bits per heavy atom. The van der Waals surface area contributed by atoms with Gasteiger partial charge in [0.1, 0.15) is 17.2 Å². The quantitative estimate of drug-likeness (QED) is 0.0503. The largest absolute Gasteiger partial charge is 0.497 e. The van der Waals surface area contributed by atoms with Crippen molar-refractivity contribution in [2.24, 2.45) is 23.7 Å². The number of carboxylic acid groups (broad SMARTS) is 4. The number of rotatable bonds is 22. The predicted molar refractivity (Wildman–Crippen MR) is 334 cm³/mol. The highest BCUT2D eigenvalue weighted by molar-refractivity contribution is 7.88. The van der Waals surface area contributed by atoms with Crippen molar-refractivity contribution in [2.75, 3.05) is 108 Å². The number of carbonyl (C=O) groups is 5. The third-order valence-corrected chi connectivity index (χ3v) is 18.8. The third-order valence-electron chi connectivity index (χ3n) is 18.0. The number of likely N-dealkylation sites (N-methyl/N-ethyl adjacent to an activating group) is 3. The summed E-state index contributed by atoms with van der Waals surface area (Å²) in [6.07, 6.45) is 2.77. The fourth-order valence-electron chi connectivity index (χ4n) is 12.9. The summed E-state index contributed by atoms with van der Waals surface area (Å²) in [6, 6.07) is 28.1. The number of ether oxygens (including phenoxy) is 5. The molecule has 23 nitrogen and oxygen atoms in total. The maximum Gasteiger partial charge on any atom is 0.308 e. The Bertz CT molecular complexity index is 2890. The van der Waals surface area contributed by atoms with E-state index in [0.717, 1.165) is 71.8 Å². The van der Waals surface area contributed by atoms with E-state index in [1.54, 1.807) is 33.5 Å². The van der Waals surface area contributed by atoms with E-state index in [9.17, 15) is 52.8 Å². The highest BCUT2D eigenvalue weighted by Crippen LogP contribution is 2.44. The number of carboxylic acids is 4. The molecule has 9 rings (SSSR count). The monoisotopic (exact) mass is 1260 g/mol. The van der Waals surface area contributed by atoms with Gasteiger partial charge in [0.2, 0.25) is 16.8 Å². The van der Waals surface area contributed by atoms with Crippen LogP contribution in [-0.2, 0) is 38.8 Å².